The van der Waals surface area contributed by atoms with E-state index in [4.69, 9.17) is 0 Å². The Balaban J connectivity index is 2.58. The molecule has 0 bridgehead atoms. The third kappa shape index (κ3) is 2.86. The molecule has 106 valence electrons. The van der Waals surface area contributed by atoms with Crippen molar-refractivity contribution in [3.8, 4) is 0 Å². The molecule has 1 N–H and O–H groups in total. The Kier molecular flexibility index (Phi) is 4.75. The van der Waals surface area contributed by atoms with Crippen LogP contribution in [0.2, 0.25) is 0 Å². The molecule has 1 nitrogen and oxygen atoms in total. The first-order valence-corrected chi connectivity index (χ1v) is 7.41. The van der Waals surface area contributed by atoms with Gasteiger partial charge >= 0.3 is 0 Å². The van der Waals surface area contributed by atoms with Crippen LogP contribution in [0.3, 0.4) is 0 Å². The van der Waals surface area contributed by atoms with Gasteiger partial charge in [0.2, 0.25) is 0 Å². The van der Waals surface area contributed by atoms with Crippen LogP contribution in [0.4, 0.5) is 8.78 Å². The Labute approximate surface area is 131 Å². The van der Waals surface area contributed by atoms with Crippen LogP contribution in [0.1, 0.15) is 28.3 Å². The van der Waals surface area contributed by atoms with Crippen LogP contribution in [0.15, 0.2) is 30.3 Å². The summed E-state index contributed by atoms with van der Waals surface area (Å²) in [6.07, 6.45) is 0. The quantitative estimate of drug-likeness (QED) is 0.766. The molecule has 0 amide bonds. The second kappa shape index (κ2) is 6.18. The van der Waals surface area contributed by atoms with Crippen molar-refractivity contribution in [1.29, 1.82) is 0 Å². The average Bonchev–Trinajstić information content (AvgIpc) is 2.41. The minimum atomic E-state index is -0.523. The summed E-state index contributed by atoms with van der Waals surface area (Å²) in [5, 5.41) is 3.12. The standard InChI is InChI=1S/C16H16F2IN/c1-9-5-4-6-11(15(9)19)16(20-3)12-7-10(2)13(17)8-14(12)18/h4-8,16,20H,1-3H3. The Morgan fingerprint density at radius 1 is 1.00 bits per heavy atom. The van der Waals surface area contributed by atoms with E-state index in [1.807, 2.05) is 25.1 Å². The molecule has 0 fully saturated rings. The average molecular weight is 387 g/mol. The summed E-state index contributed by atoms with van der Waals surface area (Å²) in [6, 6.07) is 8.17. The van der Waals surface area contributed by atoms with Crippen molar-refractivity contribution in [2.75, 3.05) is 7.05 Å². The molecule has 0 aliphatic heterocycles. The molecule has 0 aliphatic carbocycles. The third-order valence-corrected chi connectivity index (χ3v) is 4.88. The van der Waals surface area contributed by atoms with Crippen LogP contribution in [0, 0.1) is 29.1 Å². The van der Waals surface area contributed by atoms with E-state index in [1.165, 1.54) is 0 Å². The van der Waals surface area contributed by atoms with E-state index in [0.717, 1.165) is 20.8 Å². The minimum Gasteiger partial charge on any atom is -0.309 e. The number of benzene rings is 2. The molecule has 1 atom stereocenters. The Morgan fingerprint density at radius 2 is 1.70 bits per heavy atom. The minimum absolute atomic E-state index is 0.291. The van der Waals surface area contributed by atoms with Crippen LogP contribution in [-0.2, 0) is 0 Å². The summed E-state index contributed by atoms with van der Waals surface area (Å²) >= 11 is 2.26. The zero-order valence-electron chi connectivity index (χ0n) is 11.6. The van der Waals surface area contributed by atoms with Gasteiger partial charge in [-0.1, -0.05) is 18.2 Å². The molecule has 4 heteroatoms. The number of halogens is 3. The van der Waals surface area contributed by atoms with Crippen LogP contribution in [0.25, 0.3) is 0 Å². The molecule has 2 aromatic rings. The summed E-state index contributed by atoms with van der Waals surface area (Å²) in [5.41, 5.74) is 3.06. The van der Waals surface area contributed by atoms with Gasteiger partial charge in [-0.05, 0) is 66.2 Å². The van der Waals surface area contributed by atoms with Gasteiger partial charge in [0.25, 0.3) is 0 Å². The topological polar surface area (TPSA) is 12.0 Å². The zero-order valence-corrected chi connectivity index (χ0v) is 13.8. The van der Waals surface area contributed by atoms with Crippen molar-refractivity contribution in [1.82, 2.24) is 5.32 Å². The van der Waals surface area contributed by atoms with E-state index < -0.39 is 11.6 Å². The molecular formula is C16H16F2IN. The molecule has 1 unspecified atom stereocenters. The van der Waals surface area contributed by atoms with Gasteiger partial charge in [0.1, 0.15) is 11.6 Å². The molecule has 0 aromatic heterocycles. The van der Waals surface area contributed by atoms with E-state index >= 15 is 0 Å². The predicted octanol–water partition coefficient (Wildman–Crippen LogP) is 4.50. The summed E-state index contributed by atoms with van der Waals surface area (Å²) in [5.74, 6) is -1.04. The Morgan fingerprint density at radius 3 is 2.35 bits per heavy atom. The first kappa shape index (κ1) is 15.4. The molecule has 0 spiro atoms. The van der Waals surface area contributed by atoms with Crippen molar-refractivity contribution < 1.29 is 8.78 Å². The lowest BCUT2D eigenvalue weighted by atomic mass is 9.95. The van der Waals surface area contributed by atoms with Gasteiger partial charge < -0.3 is 5.32 Å². The van der Waals surface area contributed by atoms with Crippen molar-refractivity contribution >= 4 is 22.6 Å². The monoisotopic (exact) mass is 387 g/mol. The molecule has 0 saturated carbocycles. The van der Waals surface area contributed by atoms with Gasteiger partial charge in [-0.2, -0.15) is 0 Å². The molecule has 0 saturated heterocycles. The molecule has 0 aliphatic rings. The second-order valence-corrected chi connectivity index (χ2v) is 5.90. The normalized spacial score (nSPS) is 12.5. The highest BCUT2D eigenvalue weighted by molar-refractivity contribution is 14.1. The fourth-order valence-corrected chi connectivity index (χ4v) is 2.94. The summed E-state index contributed by atoms with van der Waals surface area (Å²) in [6.45, 7) is 3.66. The van der Waals surface area contributed by atoms with Crippen LogP contribution in [0.5, 0.6) is 0 Å². The highest BCUT2D eigenvalue weighted by atomic mass is 127. The first-order chi connectivity index (χ1) is 9.45. The summed E-state index contributed by atoms with van der Waals surface area (Å²) in [7, 11) is 1.78. The number of nitrogens with one attached hydrogen (secondary N) is 1. The fraction of sp³-hybridized carbons (Fsp3) is 0.250. The molecule has 20 heavy (non-hydrogen) atoms. The highest BCUT2D eigenvalue weighted by Crippen LogP contribution is 2.30. The third-order valence-electron chi connectivity index (χ3n) is 3.41. The van der Waals surface area contributed by atoms with Crippen LogP contribution < -0.4 is 5.32 Å². The zero-order chi connectivity index (χ0) is 14.9. The van der Waals surface area contributed by atoms with Crippen LogP contribution >= 0.6 is 22.6 Å². The SMILES string of the molecule is CNC(c1cc(C)c(F)cc1F)c1cccc(C)c1I. The number of aryl methyl sites for hydroxylation is 2. The molecule has 2 aromatic carbocycles. The van der Waals surface area contributed by atoms with E-state index in [9.17, 15) is 8.78 Å². The number of hydrogen-bond acceptors (Lipinski definition) is 1. The van der Waals surface area contributed by atoms with Crippen molar-refractivity contribution in [2.24, 2.45) is 0 Å². The van der Waals surface area contributed by atoms with Crippen molar-refractivity contribution in [3.05, 3.63) is 67.8 Å². The second-order valence-electron chi connectivity index (χ2n) is 4.82. The van der Waals surface area contributed by atoms with Gasteiger partial charge in [-0.15, -0.1) is 0 Å². The van der Waals surface area contributed by atoms with Gasteiger partial charge in [-0.3, -0.25) is 0 Å². The largest absolute Gasteiger partial charge is 0.309 e. The van der Waals surface area contributed by atoms with Gasteiger partial charge in [0.05, 0.1) is 6.04 Å². The van der Waals surface area contributed by atoms with Crippen molar-refractivity contribution in [3.63, 3.8) is 0 Å². The molecule has 0 heterocycles. The Bertz CT molecular complexity index is 641. The lowest BCUT2D eigenvalue weighted by molar-refractivity contribution is 0.547. The maximum Gasteiger partial charge on any atom is 0.131 e. The summed E-state index contributed by atoms with van der Waals surface area (Å²) in [4.78, 5) is 0. The van der Waals surface area contributed by atoms with Crippen LogP contribution in [-0.4, -0.2) is 7.05 Å². The fourth-order valence-electron chi connectivity index (χ4n) is 2.27. The van der Waals surface area contributed by atoms with E-state index in [1.54, 1.807) is 20.0 Å². The lowest BCUT2D eigenvalue weighted by Crippen LogP contribution is -2.20. The maximum absolute atomic E-state index is 14.1. The summed E-state index contributed by atoms with van der Waals surface area (Å²) < 4.78 is 28.6. The lowest BCUT2D eigenvalue weighted by Gasteiger charge is -2.21. The van der Waals surface area contributed by atoms with Gasteiger partial charge in [-0.25, -0.2) is 8.78 Å². The molecular weight excluding hydrogens is 371 g/mol. The van der Waals surface area contributed by atoms with Gasteiger partial charge in [0, 0.05) is 15.2 Å². The van der Waals surface area contributed by atoms with E-state index in [0.29, 0.717) is 11.1 Å². The maximum atomic E-state index is 14.1. The van der Waals surface area contributed by atoms with E-state index in [2.05, 4.69) is 27.9 Å². The predicted molar refractivity (Wildman–Crippen MR) is 85.9 cm³/mol. The van der Waals surface area contributed by atoms with Crippen molar-refractivity contribution in [2.45, 2.75) is 19.9 Å². The Hall–Kier alpha value is -1.01. The molecule has 2 rings (SSSR count). The number of hydrogen-bond donors (Lipinski definition) is 1. The van der Waals surface area contributed by atoms with Gasteiger partial charge in [0.15, 0.2) is 0 Å². The smallest absolute Gasteiger partial charge is 0.131 e. The molecule has 0 radical (unpaired) electrons. The first-order valence-electron chi connectivity index (χ1n) is 6.33. The number of rotatable bonds is 3. The van der Waals surface area contributed by atoms with E-state index in [-0.39, 0.29) is 6.04 Å². The highest BCUT2D eigenvalue weighted by Gasteiger charge is 2.20.